The monoisotopic (exact) mass is 553 g/mol. The summed E-state index contributed by atoms with van der Waals surface area (Å²) in [6.45, 7) is 12.2. The summed E-state index contributed by atoms with van der Waals surface area (Å²) >= 11 is 0. The topological polar surface area (TPSA) is 134 Å². The van der Waals surface area contributed by atoms with Crippen LogP contribution in [-0.2, 0) is 30.3 Å². The molecule has 2 atom stereocenters. The number of carbonyl (C=O) groups excluding carboxylic acids is 4. The summed E-state index contributed by atoms with van der Waals surface area (Å²) in [5, 5.41) is 14.9. The Hall–Kier alpha value is -4.34. The number of carbonyl (C=O) groups is 4. The standard InChI is InChI=1S/C30H39N3O7/c1-8-16-33(26(27(36)31-18-25(35)39-7)23-11-9-10-19(2)20(23)3)28(37)24(32-29(38)40-30(4,5)6)17-21-12-14-22(34)15-13-21/h8-15,24,26,34H,1,16-18H2,2-7H3,(H,31,36)(H,32,38). The summed E-state index contributed by atoms with van der Waals surface area (Å²) in [6, 6.07) is 9.34. The molecule has 2 rings (SSSR count). The second kappa shape index (κ2) is 14.2. The lowest BCUT2D eigenvalue weighted by atomic mass is 9.94. The van der Waals surface area contributed by atoms with Gasteiger partial charge in [-0.2, -0.15) is 0 Å². The summed E-state index contributed by atoms with van der Waals surface area (Å²) in [6.07, 6.45) is 0.728. The van der Waals surface area contributed by atoms with Gasteiger partial charge in [0.2, 0.25) is 11.8 Å². The predicted molar refractivity (Wildman–Crippen MR) is 151 cm³/mol. The average Bonchev–Trinajstić information content (AvgIpc) is 2.88. The number of phenolic OH excluding ortho intramolecular Hbond substituents is 1. The minimum Gasteiger partial charge on any atom is -0.508 e. The van der Waals surface area contributed by atoms with Gasteiger partial charge in [-0.25, -0.2) is 4.79 Å². The lowest BCUT2D eigenvalue weighted by Gasteiger charge is -2.34. The first-order valence-corrected chi connectivity index (χ1v) is 12.9. The van der Waals surface area contributed by atoms with E-state index in [9.17, 15) is 24.3 Å². The van der Waals surface area contributed by atoms with Crippen LogP contribution in [0.4, 0.5) is 4.79 Å². The normalized spacial score (nSPS) is 12.4. The smallest absolute Gasteiger partial charge is 0.408 e. The van der Waals surface area contributed by atoms with Crippen LogP contribution in [0.5, 0.6) is 5.75 Å². The van der Waals surface area contributed by atoms with Crippen LogP contribution in [0.25, 0.3) is 0 Å². The number of alkyl carbamates (subject to hydrolysis) is 1. The van der Waals surface area contributed by atoms with E-state index in [4.69, 9.17) is 4.74 Å². The summed E-state index contributed by atoms with van der Waals surface area (Å²) in [5.74, 6) is -1.77. The molecule has 0 aliphatic rings. The van der Waals surface area contributed by atoms with Crippen LogP contribution in [0.3, 0.4) is 0 Å². The molecular weight excluding hydrogens is 514 g/mol. The predicted octanol–water partition coefficient (Wildman–Crippen LogP) is 3.49. The number of amides is 3. The van der Waals surface area contributed by atoms with Crippen molar-refractivity contribution in [3.63, 3.8) is 0 Å². The third kappa shape index (κ3) is 9.14. The van der Waals surface area contributed by atoms with Crippen LogP contribution in [-0.4, -0.2) is 65.7 Å². The molecule has 0 heterocycles. The van der Waals surface area contributed by atoms with Gasteiger partial charge in [-0.05, 0) is 69.0 Å². The second-order valence-electron chi connectivity index (χ2n) is 10.3. The number of hydrogen-bond donors (Lipinski definition) is 3. The number of aromatic hydroxyl groups is 1. The lowest BCUT2D eigenvalue weighted by molar-refractivity contribution is -0.144. The zero-order valence-electron chi connectivity index (χ0n) is 23.9. The Bertz CT molecular complexity index is 1220. The van der Waals surface area contributed by atoms with Crippen LogP contribution in [0.1, 0.15) is 49.1 Å². The van der Waals surface area contributed by atoms with Gasteiger partial charge < -0.3 is 30.1 Å². The summed E-state index contributed by atoms with van der Waals surface area (Å²) in [5.41, 5.74) is 2.09. The molecule has 2 aromatic carbocycles. The molecule has 0 aromatic heterocycles. The molecule has 0 saturated heterocycles. The number of hydrogen-bond acceptors (Lipinski definition) is 7. The van der Waals surface area contributed by atoms with Gasteiger partial charge in [-0.15, -0.1) is 6.58 Å². The van der Waals surface area contributed by atoms with Crippen molar-refractivity contribution in [1.82, 2.24) is 15.5 Å². The number of aryl methyl sites for hydroxylation is 1. The van der Waals surface area contributed by atoms with Crippen molar-refractivity contribution in [3.8, 4) is 5.75 Å². The fourth-order valence-electron chi connectivity index (χ4n) is 4.03. The van der Waals surface area contributed by atoms with Crippen LogP contribution < -0.4 is 10.6 Å². The molecule has 0 fully saturated rings. The first kappa shape index (κ1) is 31.9. The molecule has 2 aromatic rings. The Morgan fingerprint density at radius 1 is 1.07 bits per heavy atom. The third-order valence-corrected chi connectivity index (χ3v) is 6.11. The van der Waals surface area contributed by atoms with Crippen molar-refractivity contribution in [2.75, 3.05) is 20.2 Å². The average molecular weight is 554 g/mol. The van der Waals surface area contributed by atoms with Crippen molar-refractivity contribution in [1.29, 1.82) is 0 Å². The van der Waals surface area contributed by atoms with E-state index in [2.05, 4.69) is 21.9 Å². The van der Waals surface area contributed by atoms with E-state index in [1.807, 2.05) is 19.9 Å². The van der Waals surface area contributed by atoms with E-state index in [1.165, 1.54) is 30.2 Å². The van der Waals surface area contributed by atoms with E-state index >= 15 is 0 Å². The number of phenols is 1. The van der Waals surface area contributed by atoms with Gasteiger partial charge in [0.15, 0.2) is 0 Å². The Balaban J connectivity index is 2.58. The zero-order chi connectivity index (χ0) is 30.0. The van der Waals surface area contributed by atoms with Crippen molar-refractivity contribution < 1.29 is 33.8 Å². The first-order valence-electron chi connectivity index (χ1n) is 12.9. The highest BCUT2D eigenvalue weighted by Gasteiger charge is 2.37. The summed E-state index contributed by atoms with van der Waals surface area (Å²) in [4.78, 5) is 53.7. The molecule has 0 bridgehead atoms. The minimum atomic E-state index is -1.15. The van der Waals surface area contributed by atoms with Gasteiger partial charge in [-0.1, -0.05) is 36.4 Å². The Morgan fingerprint density at radius 3 is 2.30 bits per heavy atom. The lowest BCUT2D eigenvalue weighted by Crippen LogP contribution is -2.54. The van der Waals surface area contributed by atoms with Crippen LogP contribution >= 0.6 is 0 Å². The summed E-state index contributed by atoms with van der Waals surface area (Å²) in [7, 11) is 1.21. The van der Waals surface area contributed by atoms with Gasteiger partial charge in [-0.3, -0.25) is 14.4 Å². The van der Waals surface area contributed by atoms with Crippen molar-refractivity contribution >= 4 is 23.9 Å². The molecule has 3 amide bonds. The number of benzene rings is 2. The van der Waals surface area contributed by atoms with Gasteiger partial charge >= 0.3 is 12.1 Å². The molecule has 10 nitrogen and oxygen atoms in total. The van der Waals surface area contributed by atoms with Gasteiger partial charge in [0.1, 0.15) is 30.0 Å². The maximum Gasteiger partial charge on any atom is 0.408 e. The number of nitrogens with zero attached hydrogens (tertiary/aromatic N) is 1. The molecule has 0 saturated carbocycles. The zero-order valence-corrected chi connectivity index (χ0v) is 23.9. The number of ether oxygens (including phenoxy) is 2. The fourth-order valence-corrected chi connectivity index (χ4v) is 4.03. The number of rotatable bonds is 11. The van der Waals surface area contributed by atoms with Crippen molar-refractivity contribution in [3.05, 3.63) is 77.4 Å². The molecule has 10 heteroatoms. The Labute approximate surface area is 235 Å². The minimum absolute atomic E-state index is 0.0371. The Kier molecular flexibility index (Phi) is 11.3. The molecule has 0 aliphatic heterocycles. The number of methoxy groups -OCH3 is 1. The largest absolute Gasteiger partial charge is 0.508 e. The summed E-state index contributed by atoms with van der Waals surface area (Å²) < 4.78 is 10.1. The van der Waals surface area contributed by atoms with E-state index in [-0.39, 0.29) is 25.3 Å². The Morgan fingerprint density at radius 2 is 1.73 bits per heavy atom. The van der Waals surface area contributed by atoms with Gasteiger partial charge in [0, 0.05) is 13.0 Å². The molecular formula is C30H39N3O7. The highest BCUT2D eigenvalue weighted by Crippen LogP contribution is 2.28. The van der Waals surface area contributed by atoms with Gasteiger partial charge in [0.05, 0.1) is 7.11 Å². The van der Waals surface area contributed by atoms with Crippen LogP contribution in [0.15, 0.2) is 55.1 Å². The maximum absolute atomic E-state index is 14.2. The molecule has 3 N–H and O–H groups in total. The van der Waals surface area contributed by atoms with E-state index in [1.54, 1.807) is 45.0 Å². The molecule has 0 aliphatic carbocycles. The SMILES string of the molecule is C=CCN(C(=O)C(Cc1ccc(O)cc1)NC(=O)OC(C)(C)C)C(C(=O)NCC(=O)OC)c1cccc(C)c1C. The number of nitrogens with one attached hydrogen (secondary N) is 2. The van der Waals surface area contributed by atoms with E-state index in [0.717, 1.165) is 11.1 Å². The molecule has 0 spiro atoms. The highest BCUT2D eigenvalue weighted by atomic mass is 16.6. The van der Waals surface area contributed by atoms with Gasteiger partial charge in [0.25, 0.3) is 0 Å². The van der Waals surface area contributed by atoms with Crippen LogP contribution in [0.2, 0.25) is 0 Å². The maximum atomic E-state index is 14.2. The highest BCUT2D eigenvalue weighted by molar-refractivity contribution is 5.93. The quantitative estimate of drug-likeness (QED) is 0.286. The molecule has 2 unspecified atom stereocenters. The van der Waals surface area contributed by atoms with E-state index < -0.39 is 41.6 Å². The first-order chi connectivity index (χ1) is 18.8. The number of esters is 1. The fraction of sp³-hybridized carbons (Fsp3) is 0.400. The molecule has 0 radical (unpaired) electrons. The molecule has 40 heavy (non-hydrogen) atoms. The van der Waals surface area contributed by atoms with Crippen molar-refractivity contribution in [2.24, 2.45) is 0 Å². The molecule has 216 valence electrons. The van der Waals surface area contributed by atoms with E-state index in [0.29, 0.717) is 11.1 Å². The second-order valence-corrected chi connectivity index (χ2v) is 10.3. The third-order valence-electron chi connectivity index (χ3n) is 6.11. The van der Waals surface area contributed by atoms with Crippen molar-refractivity contribution in [2.45, 2.75) is 58.7 Å². The van der Waals surface area contributed by atoms with Crippen LogP contribution in [0, 0.1) is 13.8 Å².